The topological polar surface area (TPSA) is 79.6 Å². The first-order chi connectivity index (χ1) is 16.3. The molecule has 2 amide bonds. The summed E-state index contributed by atoms with van der Waals surface area (Å²) in [5, 5.41) is 5.80. The lowest BCUT2D eigenvalue weighted by molar-refractivity contribution is 0.0695. The van der Waals surface area contributed by atoms with E-state index in [4.69, 9.17) is 0 Å². The van der Waals surface area contributed by atoms with Gasteiger partial charge in [-0.2, -0.15) is 0 Å². The van der Waals surface area contributed by atoms with E-state index in [1.54, 1.807) is 11.9 Å². The number of thiazole rings is 2. The summed E-state index contributed by atoms with van der Waals surface area (Å²) >= 11 is 3.02. The molecule has 1 aromatic carbocycles. The molecule has 4 rings (SSSR count). The maximum atomic E-state index is 13.6. The lowest BCUT2D eigenvalue weighted by atomic mass is 10.0. The van der Waals surface area contributed by atoms with E-state index in [-0.39, 0.29) is 17.9 Å². The van der Waals surface area contributed by atoms with Gasteiger partial charge in [0.15, 0.2) is 4.96 Å². The number of carbonyl (C=O) groups excluding carboxylic acids is 2. The molecule has 178 valence electrons. The second-order valence-corrected chi connectivity index (χ2v) is 10.9. The van der Waals surface area contributed by atoms with Crippen molar-refractivity contribution in [1.29, 1.82) is 0 Å². The van der Waals surface area contributed by atoms with Gasteiger partial charge in [-0.1, -0.05) is 44.2 Å². The Kier molecular flexibility index (Phi) is 7.13. The van der Waals surface area contributed by atoms with Gasteiger partial charge in [0.1, 0.15) is 11.4 Å². The van der Waals surface area contributed by atoms with Crippen molar-refractivity contribution in [3.8, 4) is 10.4 Å². The molecule has 0 aliphatic carbocycles. The molecule has 0 aliphatic heterocycles. The number of hydrogen-bond acceptors (Lipinski definition) is 6. The van der Waals surface area contributed by atoms with Gasteiger partial charge in [-0.3, -0.25) is 14.0 Å². The molecule has 1 N–H and O–H groups in total. The van der Waals surface area contributed by atoms with E-state index in [9.17, 15) is 9.59 Å². The van der Waals surface area contributed by atoms with Crippen LogP contribution < -0.4 is 5.32 Å². The number of benzene rings is 1. The van der Waals surface area contributed by atoms with Gasteiger partial charge in [0, 0.05) is 31.2 Å². The molecule has 3 aromatic heterocycles. The van der Waals surface area contributed by atoms with Crippen molar-refractivity contribution in [3.05, 3.63) is 64.0 Å². The number of rotatable bonds is 8. The van der Waals surface area contributed by atoms with Crippen LogP contribution in [-0.4, -0.2) is 50.7 Å². The number of aromatic nitrogens is 3. The molecular formula is C25H29N5O2S2. The summed E-state index contributed by atoms with van der Waals surface area (Å²) < 4.78 is 1.81. The first kappa shape index (κ1) is 24.1. The summed E-state index contributed by atoms with van der Waals surface area (Å²) in [6, 6.07) is 9.69. The van der Waals surface area contributed by atoms with Crippen molar-refractivity contribution in [1.82, 2.24) is 24.6 Å². The Bertz CT molecular complexity index is 1310. The number of nitrogens with one attached hydrogen (secondary N) is 1. The fourth-order valence-corrected chi connectivity index (χ4v) is 5.75. The van der Waals surface area contributed by atoms with Crippen molar-refractivity contribution in [3.63, 3.8) is 0 Å². The van der Waals surface area contributed by atoms with E-state index < -0.39 is 0 Å². The van der Waals surface area contributed by atoms with Gasteiger partial charge >= 0.3 is 0 Å². The minimum absolute atomic E-state index is 0.135. The Hall–Kier alpha value is -3.04. The zero-order chi connectivity index (χ0) is 24.4. The summed E-state index contributed by atoms with van der Waals surface area (Å²) in [6.07, 6.45) is 2.61. The van der Waals surface area contributed by atoms with Crippen molar-refractivity contribution < 1.29 is 9.59 Å². The molecule has 0 unspecified atom stereocenters. The molecule has 0 saturated carbocycles. The van der Waals surface area contributed by atoms with Gasteiger partial charge in [-0.05, 0) is 31.7 Å². The lowest BCUT2D eigenvalue weighted by Crippen LogP contribution is -2.46. The maximum absolute atomic E-state index is 13.6. The van der Waals surface area contributed by atoms with Crippen LogP contribution in [0.4, 0.5) is 0 Å². The largest absolute Gasteiger partial charge is 0.349 e. The van der Waals surface area contributed by atoms with Crippen LogP contribution in [0, 0.1) is 19.8 Å². The first-order valence-electron chi connectivity index (χ1n) is 11.3. The molecule has 1 atom stereocenters. The minimum atomic E-state index is -0.188. The number of carbonyl (C=O) groups is 2. The molecule has 7 nitrogen and oxygen atoms in total. The van der Waals surface area contributed by atoms with Crippen molar-refractivity contribution in [2.24, 2.45) is 5.92 Å². The summed E-state index contributed by atoms with van der Waals surface area (Å²) in [7, 11) is 1.80. The second-order valence-electron chi connectivity index (χ2n) is 8.79. The monoisotopic (exact) mass is 495 g/mol. The highest BCUT2D eigenvalue weighted by atomic mass is 32.1. The molecule has 9 heteroatoms. The van der Waals surface area contributed by atoms with E-state index in [0.29, 0.717) is 29.5 Å². The third kappa shape index (κ3) is 4.90. The molecular weight excluding hydrogens is 466 g/mol. The highest BCUT2D eigenvalue weighted by molar-refractivity contribution is 7.15. The van der Waals surface area contributed by atoms with E-state index in [1.165, 1.54) is 22.7 Å². The molecule has 0 aliphatic rings. The van der Waals surface area contributed by atoms with E-state index in [1.807, 2.05) is 60.2 Å². The number of fused-ring (bicyclic) bond motifs is 1. The highest BCUT2D eigenvalue weighted by Crippen LogP contribution is 2.31. The molecule has 0 saturated heterocycles. The maximum Gasteiger partial charge on any atom is 0.274 e. The van der Waals surface area contributed by atoms with Crippen molar-refractivity contribution in [2.45, 2.75) is 40.2 Å². The molecule has 0 fully saturated rings. The fraction of sp³-hybridized carbons (Fsp3) is 0.360. The van der Waals surface area contributed by atoms with E-state index >= 15 is 0 Å². The summed E-state index contributed by atoms with van der Waals surface area (Å²) in [6.45, 7) is 8.33. The predicted octanol–water partition coefficient (Wildman–Crippen LogP) is 5.05. The van der Waals surface area contributed by atoms with Gasteiger partial charge in [0.25, 0.3) is 11.8 Å². The Balaban J connectivity index is 1.55. The number of amides is 2. The van der Waals surface area contributed by atoms with E-state index in [0.717, 1.165) is 26.8 Å². The number of nitrogens with zero attached hydrogens (tertiary/aromatic N) is 4. The van der Waals surface area contributed by atoms with Crippen LogP contribution in [0.3, 0.4) is 0 Å². The number of hydrogen-bond donors (Lipinski definition) is 1. The third-order valence-electron chi connectivity index (χ3n) is 5.73. The number of likely N-dealkylation sites (N-methyl/N-ethyl adjacent to an activating group) is 1. The van der Waals surface area contributed by atoms with Gasteiger partial charge in [-0.15, -0.1) is 22.7 Å². The van der Waals surface area contributed by atoms with Crippen molar-refractivity contribution in [2.75, 3.05) is 13.6 Å². The van der Waals surface area contributed by atoms with Crippen LogP contribution in [0.1, 0.15) is 51.9 Å². The zero-order valence-corrected chi connectivity index (χ0v) is 21.7. The Morgan fingerprint density at radius 2 is 1.88 bits per heavy atom. The Labute approximate surface area is 207 Å². The zero-order valence-electron chi connectivity index (χ0n) is 20.0. The standard InChI is InChI=1S/C25H29N5O2S2/c1-15(2)13-19(14-26-23(31)21-16(3)27-25-30(21)11-12-33-25)29(5)24(32)20-22(34-17(4)28-20)18-9-7-6-8-10-18/h6-12,15,19H,13-14H2,1-5H3,(H,26,31)/t19-/m1/s1. The van der Waals surface area contributed by atoms with Crippen LogP contribution >= 0.6 is 22.7 Å². The average molecular weight is 496 g/mol. The SMILES string of the molecule is Cc1nc(C(=O)N(C)[C@@H](CNC(=O)c2c(C)nc3sccn23)CC(C)C)c(-c2ccccc2)s1. The number of aryl methyl sites for hydroxylation is 2. The van der Waals surface area contributed by atoms with Gasteiger partial charge in [0.2, 0.25) is 0 Å². The third-order valence-corrected chi connectivity index (χ3v) is 7.51. The average Bonchev–Trinajstić information content (AvgIpc) is 3.49. The Morgan fingerprint density at radius 1 is 1.15 bits per heavy atom. The smallest absolute Gasteiger partial charge is 0.274 e. The van der Waals surface area contributed by atoms with Gasteiger partial charge in [-0.25, -0.2) is 9.97 Å². The Morgan fingerprint density at radius 3 is 2.59 bits per heavy atom. The van der Waals surface area contributed by atoms with Crippen LogP contribution in [0.15, 0.2) is 41.9 Å². The van der Waals surface area contributed by atoms with Crippen LogP contribution in [0.25, 0.3) is 15.4 Å². The normalized spacial score (nSPS) is 12.3. The van der Waals surface area contributed by atoms with E-state index in [2.05, 4.69) is 29.1 Å². The van der Waals surface area contributed by atoms with Gasteiger partial charge < -0.3 is 10.2 Å². The first-order valence-corrected chi connectivity index (χ1v) is 13.0. The van der Waals surface area contributed by atoms with Crippen LogP contribution in [0.5, 0.6) is 0 Å². The molecule has 0 bridgehead atoms. The molecule has 34 heavy (non-hydrogen) atoms. The lowest BCUT2D eigenvalue weighted by Gasteiger charge is -2.29. The summed E-state index contributed by atoms with van der Waals surface area (Å²) in [4.78, 5) is 39.1. The molecule has 3 heterocycles. The summed E-state index contributed by atoms with van der Waals surface area (Å²) in [5.74, 6) is 0.0274. The fourth-order valence-electron chi connectivity index (χ4n) is 4.07. The predicted molar refractivity (Wildman–Crippen MR) is 138 cm³/mol. The highest BCUT2D eigenvalue weighted by Gasteiger charge is 2.28. The quantitative estimate of drug-likeness (QED) is 0.371. The number of imidazole rings is 1. The second kappa shape index (κ2) is 10.1. The van der Waals surface area contributed by atoms with Crippen molar-refractivity contribution >= 4 is 39.4 Å². The minimum Gasteiger partial charge on any atom is -0.349 e. The van der Waals surface area contributed by atoms with Gasteiger partial charge in [0.05, 0.1) is 15.6 Å². The summed E-state index contributed by atoms with van der Waals surface area (Å²) in [5.41, 5.74) is 2.67. The molecule has 0 spiro atoms. The molecule has 0 radical (unpaired) electrons. The van der Waals surface area contributed by atoms with Crippen LogP contribution in [-0.2, 0) is 0 Å². The van der Waals surface area contributed by atoms with Crippen LogP contribution in [0.2, 0.25) is 0 Å². The molecule has 4 aromatic rings.